The number of hydrogen-bond donors (Lipinski definition) is 0. The van der Waals surface area contributed by atoms with Crippen molar-refractivity contribution in [3.63, 3.8) is 0 Å². The fourth-order valence-electron chi connectivity index (χ4n) is 1.78. The molecule has 18 heavy (non-hydrogen) atoms. The number of hydroxylamine groups is 2. The first-order valence-corrected chi connectivity index (χ1v) is 6.45. The van der Waals surface area contributed by atoms with Gasteiger partial charge in [-0.05, 0) is 45.9 Å². The highest BCUT2D eigenvalue weighted by Gasteiger charge is 2.50. The molecular weight excluding hydrogens is 271 g/mol. The first-order chi connectivity index (χ1) is 8.17. The second kappa shape index (κ2) is 4.12. The standard InChI is InChI=1S/C13H15Cl2N2O/c1-12(2)13(3,4)17(18)11(16-12)8-5-6-9(14)10(15)7-8/h5-7H,1-4H3. The molecule has 0 saturated heterocycles. The van der Waals surface area contributed by atoms with Crippen molar-refractivity contribution in [3.8, 4) is 0 Å². The highest BCUT2D eigenvalue weighted by molar-refractivity contribution is 6.42. The van der Waals surface area contributed by atoms with Crippen molar-refractivity contribution in [2.75, 3.05) is 0 Å². The Hall–Kier alpha value is -0.770. The predicted octanol–water partition coefficient (Wildman–Crippen LogP) is 3.96. The summed E-state index contributed by atoms with van der Waals surface area (Å²) < 4.78 is 0. The van der Waals surface area contributed by atoms with Crippen molar-refractivity contribution in [1.29, 1.82) is 0 Å². The summed E-state index contributed by atoms with van der Waals surface area (Å²) in [6.07, 6.45) is 0. The van der Waals surface area contributed by atoms with Gasteiger partial charge < -0.3 is 0 Å². The van der Waals surface area contributed by atoms with Crippen molar-refractivity contribution in [2.24, 2.45) is 4.99 Å². The van der Waals surface area contributed by atoms with Gasteiger partial charge in [-0.15, -0.1) is 0 Å². The van der Waals surface area contributed by atoms with Crippen LogP contribution in [0, 0.1) is 0 Å². The maximum Gasteiger partial charge on any atom is 0.159 e. The summed E-state index contributed by atoms with van der Waals surface area (Å²) in [6, 6.07) is 5.11. The molecule has 5 heteroatoms. The number of rotatable bonds is 1. The molecular formula is C13H15Cl2N2O. The van der Waals surface area contributed by atoms with E-state index in [9.17, 15) is 5.21 Å². The lowest BCUT2D eigenvalue weighted by atomic mass is 9.84. The van der Waals surface area contributed by atoms with E-state index in [1.54, 1.807) is 18.2 Å². The zero-order chi connectivity index (χ0) is 13.7. The number of aliphatic imine (C=N–C) groups is 1. The number of nitrogens with zero attached hydrogens (tertiary/aromatic N) is 2. The number of benzene rings is 1. The lowest BCUT2D eigenvalue weighted by molar-refractivity contribution is -0.158. The molecule has 2 rings (SSSR count). The normalized spacial score (nSPS) is 21.1. The van der Waals surface area contributed by atoms with Gasteiger partial charge in [0.15, 0.2) is 5.84 Å². The van der Waals surface area contributed by atoms with Gasteiger partial charge >= 0.3 is 0 Å². The van der Waals surface area contributed by atoms with Crippen LogP contribution in [0.15, 0.2) is 23.2 Å². The molecule has 0 saturated carbocycles. The summed E-state index contributed by atoms with van der Waals surface area (Å²) in [5.41, 5.74) is -0.344. The first-order valence-electron chi connectivity index (χ1n) is 5.69. The van der Waals surface area contributed by atoms with Crippen LogP contribution < -0.4 is 0 Å². The lowest BCUT2D eigenvalue weighted by Crippen LogP contribution is -2.50. The molecule has 1 aliphatic rings. The monoisotopic (exact) mass is 285 g/mol. The Morgan fingerprint density at radius 3 is 2.17 bits per heavy atom. The van der Waals surface area contributed by atoms with Gasteiger partial charge in [0.25, 0.3) is 0 Å². The summed E-state index contributed by atoms with van der Waals surface area (Å²) >= 11 is 11.8. The SMILES string of the molecule is CC1(C)N=C(c2ccc(Cl)c(Cl)c2)N([O])C1(C)C. The van der Waals surface area contributed by atoms with E-state index >= 15 is 0 Å². The van der Waals surface area contributed by atoms with Gasteiger partial charge in [0.05, 0.1) is 21.1 Å². The fourth-order valence-corrected chi connectivity index (χ4v) is 2.08. The highest BCUT2D eigenvalue weighted by Crippen LogP contribution is 2.38. The zero-order valence-electron chi connectivity index (χ0n) is 10.8. The molecule has 0 spiro atoms. The Labute approximate surface area is 117 Å². The van der Waals surface area contributed by atoms with E-state index in [2.05, 4.69) is 4.99 Å². The Morgan fingerprint density at radius 2 is 1.72 bits per heavy atom. The molecule has 0 bridgehead atoms. The minimum absolute atomic E-state index is 0.406. The number of amidine groups is 1. The molecule has 0 N–H and O–H groups in total. The minimum atomic E-state index is -0.589. The maximum atomic E-state index is 12.3. The van der Waals surface area contributed by atoms with Crippen LogP contribution in [0.5, 0.6) is 0 Å². The van der Waals surface area contributed by atoms with Crippen LogP contribution in [0.2, 0.25) is 10.0 Å². The van der Waals surface area contributed by atoms with Gasteiger partial charge in [-0.2, -0.15) is 5.06 Å². The smallest absolute Gasteiger partial charge is 0.159 e. The highest BCUT2D eigenvalue weighted by atomic mass is 35.5. The van der Waals surface area contributed by atoms with Crippen molar-refractivity contribution >= 4 is 29.0 Å². The van der Waals surface area contributed by atoms with Gasteiger partial charge in [-0.25, -0.2) is 0 Å². The van der Waals surface area contributed by atoms with E-state index in [1.807, 2.05) is 27.7 Å². The Morgan fingerprint density at radius 1 is 1.11 bits per heavy atom. The van der Waals surface area contributed by atoms with Gasteiger partial charge in [0, 0.05) is 5.56 Å². The molecule has 1 aliphatic heterocycles. The topological polar surface area (TPSA) is 35.5 Å². The Kier molecular flexibility index (Phi) is 3.13. The molecule has 0 unspecified atom stereocenters. The molecule has 0 aromatic heterocycles. The summed E-state index contributed by atoms with van der Waals surface area (Å²) in [4.78, 5) is 4.52. The van der Waals surface area contributed by atoms with Crippen molar-refractivity contribution in [3.05, 3.63) is 33.8 Å². The van der Waals surface area contributed by atoms with Crippen LogP contribution >= 0.6 is 23.2 Å². The Bertz CT molecular complexity index is 524. The van der Waals surface area contributed by atoms with Crippen LogP contribution in [-0.2, 0) is 5.21 Å². The first kappa shape index (κ1) is 13.7. The average molecular weight is 286 g/mol. The van der Waals surface area contributed by atoms with Crippen LogP contribution in [0.4, 0.5) is 0 Å². The molecule has 1 aromatic carbocycles. The molecule has 0 aliphatic carbocycles. The summed E-state index contributed by atoms with van der Waals surface area (Å²) in [7, 11) is 0. The number of halogens is 2. The fraction of sp³-hybridized carbons (Fsp3) is 0.462. The summed E-state index contributed by atoms with van der Waals surface area (Å²) in [5, 5.41) is 14.2. The quantitative estimate of drug-likeness (QED) is 0.769. The maximum absolute atomic E-state index is 12.3. The predicted molar refractivity (Wildman–Crippen MR) is 73.7 cm³/mol. The van der Waals surface area contributed by atoms with Crippen molar-refractivity contribution < 1.29 is 5.21 Å². The van der Waals surface area contributed by atoms with Crippen LogP contribution in [0.3, 0.4) is 0 Å². The van der Waals surface area contributed by atoms with E-state index in [4.69, 9.17) is 23.2 Å². The van der Waals surface area contributed by atoms with Gasteiger partial charge in [-0.3, -0.25) is 4.99 Å². The van der Waals surface area contributed by atoms with E-state index in [1.165, 1.54) is 0 Å². The number of hydrogen-bond acceptors (Lipinski definition) is 2. The van der Waals surface area contributed by atoms with Crippen molar-refractivity contribution in [2.45, 2.75) is 38.8 Å². The van der Waals surface area contributed by atoms with E-state index in [0.29, 0.717) is 21.4 Å². The molecule has 1 aromatic rings. The van der Waals surface area contributed by atoms with Gasteiger partial charge in [0.1, 0.15) is 0 Å². The molecule has 0 fully saturated rings. The molecule has 97 valence electrons. The zero-order valence-corrected chi connectivity index (χ0v) is 12.3. The molecule has 0 amide bonds. The lowest BCUT2D eigenvalue weighted by Gasteiger charge is -2.35. The van der Waals surface area contributed by atoms with E-state index < -0.39 is 11.1 Å². The van der Waals surface area contributed by atoms with Crippen molar-refractivity contribution in [1.82, 2.24) is 5.06 Å². The average Bonchev–Trinajstić information content (AvgIpc) is 2.43. The third kappa shape index (κ3) is 1.91. The van der Waals surface area contributed by atoms with Crippen LogP contribution in [0.1, 0.15) is 33.3 Å². The third-order valence-electron chi connectivity index (χ3n) is 3.76. The second-order valence-electron chi connectivity index (χ2n) is 5.48. The van der Waals surface area contributed by atoms with Crippen LogP contribution in [0.25, 0.3) is 0 Å². The molecule has 3 nitrogen and oxygen atoms in total. The van der Waals surface area contributed by atoms with Gasteiger partial charge in [-0.1, -0.05) is 28.4 Å². The minimum Gasteiger partial charge on any atom is -0.257 e. The Balaban J connectivity index is 2.49. The molecule has 1 heterocycles. The molecule has 1 radical (unpaired) electrons. The van der Waals surface area contributed by atoms with Crippen LogP contribution in [-0.4, -0.2) is 22.0 Å². The second-order valence-corrected chi connectivity index (χ2v) is 6.29. The third-order valence-corrected chi connectivity index (χ3v) is 4.50. The molecule has 0 atom stereocenters. The summed E-state index contributed by atoms with van der Waals surface area (Å²) in [5.74, 6) is 0.406. The van der Waals surface area contributed by atoms with Gasteiger partial charge in [0.2, 0.25) is 0 Å². The van der Waals surface area contributed by atoms with E-state index in [-0.39, 0.29) is 0 Å². The largest absolute Gasteiger partial charge is 0.257 e. The van der Waals surface area contributed by atoms with E-state index in [0.717, 1.165) is 5.06 Å². The summed E-state index contributed by atoms with van der Waals surface area (Å²) in [6.45, 7) is 7.66.